The molecule has 0 fully saturated rings. The summed E-state index contributed by atoms with van der Waals surface area (Å²) in [5.41, 5.74) is 7.99. The van der Waals surface area contributed by atoms with Gasteiger partial charge in [0.2, 0.25) is 5.91 Å². The molecule has 2 N–H and O–H groups in total. The van der Waals surface area contributed by atoms with Crippen LogP contribution in [-0.4, -0.2) is 50.4 Å². The highest BCUT2D eigenvalue weighted by atomic mass is 16.7. The number of carbonyl (C=O) groups excluding carboxylic acids is 2. The standard InChI is InChI=1S/C22H27N3O4/c1-3-28-20(29-4-2)15-25-19-13-9-8-12-18(19)24(14-17(23)22(25)27)21(26)16-10-6-5-7-11-16/h5-13,17,20H,3-4,14-15,23H2,1-2H3. The Hall–Kier alpha value is -2.74. The fraction of sp³-hybridized carbons (Fsp3) is 0.364. The van der Waals surface area contributed by atoms with Gasteiger partial charge < -0.3 is 25.0 Å². The molecule has 154 valence electrons. The Labute approximate surface area is 171 Å². The van der Waals surface area contributed by atoms with E-state index in [0.29, 0.717) is 30.2 Å². The molecule has 0 spiro atoms. The van der Waals surface area contributed by atoms with Crippen molar-refractivity contribution in [1.29, 1.82) is 0 Å². The zero-order valence-electron chi connectivity index (χ0n) is 16.8. The van der Waals surface area contributed by atoms with Crippen molar-refractivity contribution in [3.05, 3.63) is 60.2 Å². The molecular formula is C22H27N3O4. The number of rotatable bonds is 7. The van der Waals surface area contributed by atoms with E-state index in [1.807, 2.05) is 56.3 Å². The monoisotopic (exact) mass is 397 g/mol. The Morgan fingerprint density at radius 1 is 1.03 bits per heavy atom. The molecule has 0 saturated carbocycles. The molecule has 0 bridgehead atoms. The predicted molar refractivity (Wildman–Crippen MR) is 112 cm³/mol. The molecule has 2 amide bonds. The average Bonchev–Trinajstić information content (AvgIpc) is 2.85. The Kier molecular flexibility index (Phi) is 6.98. The van der Waals surface area contributed by atoms with Crippen molar-refractivity contribution >= 4 is 23.2 Å². The molecule has 2 aromatic rings. The van der Waals surface area contributed by atoms with Crippen LogP contribution in [0.2, 0.25) is 0 Å². The SMILES string of the molecule is CCOC(CN1C(=O)C(N)CN(C(=O)c2ccccc2)c2ccccc21)OCC. The van der Waals surface area contributed by atoms with Crippen molar-refractivity contribution in [2.24, 2.45) is 5.73 Å². The third-order valence-electron chi connectivity index (χ3n) is 4.73. The lowest BCUT2D eigenvalue weighted by Gasteiger charge is -2.28. The maximum Gasteiger partial charge on any atom is 0.258 e. The van der Waals surface area contributed by atoms with E-state index in [4.69, 9.17) is 15.2 Å². The summed E-state index contributed by atoms with van der Waals surface area (Å²) >= 11 is 0. The zero-order chi connectivity index (χ0) is 20.8. The minimum Gasteiger partial charge on any atom is -0.351 e. The number of amides is 2. The summed E-state index contributed by atoms with van der Waals surface area (Å²) in [5, 5.41) is 0. The Bertz CT molecular complexity index is 837. The first-order chi connectivity index (χ1) is 14.1. The average molecular weight is 397 g/mol. The third-order valence-corrected chi connectivity index (χ3v) is 4.73. The topological polar surface area (TPSA) is 85.1 Å². The van der Waals surface area contributed by atoms with E-state index in [1.54, 1.807) is 21.9 Å². The van der Waals surface area contributed by atoms with Crippen molar-refractivity contribution in [2.45, 2.75) is 26.2 Å². The van der Waals surface area contributed by atoms with Gasteiger partial charge in [0.1, 0.15) is 6.04 Å². The van der Waals surface area contributed by atoms with Gasteiger partial charge in [0.15, 0.2) is 6.29 Å². The Balaban J connectivity index is 2.00. The summed E-state index contributed by atoms with van der Waals surface area (Å²) in [6.07, 6.45) is -0.578. The molecule has 7 nitrogen and oxygen atoms in total. The molecule has 1 atom stereocenters. The highest BCUT2D eigenvalue weighted by Crippen LogP contribution is 2.33. The van der Waals surface area contributed by atoms with Gasteiger partial charge in [-0.25, -0.2) is 0 Å². The van der Waals surface area contributed by atoms with E-state index in [2.05, 4.69) is 0 Å². The van der Waals surface area contributed by atoms with Crippen LogP contribution in [0.15, 0.2) is 54.6 Å². The summed E-state index contributed by atoms with van der Waals surface area (Å²) in [5.74, 6) is -0.473. The van der Waals surface area contributed by atoms with Gasteiger partial charge in [-0.05, 0) is 38.1 Å². The molecular weight excluding hydrogens is 370 g/mol. The fourth-order valence-corrected chi connectivity index (χ4v) is 3.40. The number of hydrogen-bond donors (Lipinski definition) is 1. The first kappa shape index (κ1) is 21.0. The second-order valence-electron chi connectivity index (χ2n) is 6.67. The molecule has 0 aliphatic carbocycles. The number of hydrogen-bond acceptors (Lipinski definition) is 5. The minimum atomic E-state index is -0.862. The quantitative estimate of drug-likeness (QED) is 0.725. The number of nitrogens with zero attached hydrogens (tertiary/aromatic N) is 2. The highest BCUT2D eigenvalue weighted by Gasteiger charge is 2.35. The van der Waals surface area contributed by atoms with Crippen LogP contribution in [-0.2, 0) is 14.3 Å². The first-order valence-electron chi connectivity index (χ1n) is 9.82. The van der Waals surface area contributed by atoms with Crippen molar-refractivity contribution in [1.82, 2.24) is 0 Å². The highest BCUT2D eigenvalue weighted by molar-refractivity contribution is 6.12. The molecule has 1 aliphatic heterocycles. The predicted octanol–water partition coefficient (Wildman–Crippen LogP) is 2.41. The maximum absolute atomic E-state index is 13.2. The van der Waals surface area contributed by atoms with Crippen LogP contribution in [0.1, 0.15) is 24.2 Å². The number of fused-ring (bicyclic) bond motifs is 1. The third kappa shape index (κ3) is 4.64. The molecule has 2 aromatic carbocycles. The van der Waals surface area contributed by atoms with Crippen LogP contribution < -0.4 is 15.5 Å². The number of nitrogens with two attached hydrogens (primary N) is 1. The molecule has 29 heavy (non-hydrogen) atoms. The molecule has 1 aliphatic rings. The van der Waals surface area contributed by atoms with E-state index in [1.165, 1.54) is 0 Å². The van der Waals surface area contributed by atoms with Gasteiger partial charge in [-0.15, -0.1) is 0 Å². The van der Waals surface area contributed by atoms with Gasteiger partial charge in [0, 0.05) is 18.8 Å². The van der Waals surface area contributed by atoms with Crippen LogP contribution in [0.5, 0.6) is 0 Å². The number of para-hydroxylation sites is 2. The van der Waals surface area contributed by atoms with Crippen molar-refractivity contribution in [3.8, 4) is 0 Å². The summed E-state index contributed by atoms with van der Waals surface area (Å²) in [7, 11) is 0. The largest absolute Gasteiger partial charge is 0.351 e. The lowest BCUT2D eigenvalue weighted by molar-refractivity contribution is -0.136. The molecule has 3 rings (SSSR count). The number of anilines is 2. The van der Waals surface area contributed by atoms with E-state index in [9.17, 15) is 9.59 Å². The summed E-state index contributed by atoms with van der Waals surface area (Å²) in [4.78, 5) is 29.4. The van der Waals surface area contributed by atoms with Gasteiger partial charge in [-0.1, -0.05) is 30.3 Å². The van der Waals surface area contributed by atoms with Gasteiger partial charge in [0.05, 0.1) is 24.5 Å². The van der Waals surface area contributed by atoms with Crippen LogP contribution >= 0.6 is 0 Å². The molecule has 0 saturated heterocycles. The molecule has 1 unspecified atom stereocenters. The van der Waals surface area contributed by atoms with Crippen molar-refractivity contribution < 1.29 is 19.1 Å². The Morgan fingerprint density at radius 2 is 1.62 bits per heavy atom. The summed E-state index contributed by atoms with van der Waals surface area (Å²) in [6, 6.07) is 15.4. The Morgan fingerprint density at radius 3 is 2.24 bits per heavy atom. The lowest BCUT2D eigenvalue weighted by atomic mass is 10.1. The van der Waals surface area contributed by atoms with Gasteiger partial charge in [-0.3, -0.25) is 9.59 Å². The molecule has 7 heteroatoms. The van der Waals surface area contributed by atoms with Gasteiger partial charge >= 0.3 is 0 Å². The van der Waals surface area contributed by atoms with E-state index in [-0.39, 0.29) is 24.9 Å². The molecule has 0 radical (unpaired) electrons. The first-order valence-corrected chi connectivity index (χ1v) is 9.82. The van der Waals surface area contributed by atoms with Crippen molar-refractivity contribution in [3.63, 3.8) is 0 Å². The number of ether oxygens (including phenoxy) is 2. The van der Waals surface area contributed by atoms with Crippen LogP contribution in [0, 0.1) is 0 Å². The second-order valence-corrected chi connectivity index (χ2v) is 6.67. The lowest BCUT2D eigenvalue weighted by Crippen LogP contribution is -2.50. The fourth-order valence-electron chi connectivity index (χ4n) is 3.40. The molecule has 1 heterocycles. The van der Waals surface area contributed by atoms with Crippen LogP contribution in [0.4, 0.5) is 11.4 Å². The van der Waals surface area contributed by atoms with E-state index in [0.717, 1.165) is 0 Å². The van der Waals surface area contributed by atoms with E-state index < -0.39 is 12.3 Å². The van der Waals surface area contributed by atoms with Crippen molar-refractivity contribution in [2.75, 3.05) is 36.1 Å². The van der Waals surface area contributed by atoms with E-state index >= 15 is 0 Å². The van der Waals surface area contributed by atoms with Gasteiger partial charge in [0.25, 0.3) is 5.91 Å². The van der Waals surface area contributed by atoms with Crippen LogP contribution in [0.3, 0.4) is 0 Å². The molecule has 0 aromatic heterocycles. The summed E-state index contributed by atoms with van der Waals surface area (Å²) in [6.45, 7) is 4.94. The number of benzene rings is 2. The van der Waals surface area contributed by atoms with Crippen LogP contribution in [0.25, 0.3) is 0 Å². The second kappa shape index (κ2) is 9.65. The number of carbonyl (C=O) groups is 2. The smallest absolute Gasteiger partial charge is 0.258 e. The van der Waals surface area contributed by atoms with Gasteiger partial charge in [-0.2, -0.15) is 0 Å². The minimum absolute atomic E-state index is 0.0913. The maximum atomic E-state index is 13.2. The summed E-state index contributed by atoms with van der Waals surface area (Å²) < 4.78 is 11.3. The zero-order valence-corrected chi connectivity index (χ0v) is 16.8. The normalized spacial score (nSPS) is 16.7.